The van der Waals surface area contributed by atoms with Crippen LogP contribution in [0.4, 0.5) is 0 Å². The second-order valence-electron chi connectivity index (χ2n) is 10.1. The molecule has 194 valence electrons. The van der Waals surface area contributed by atoms with Gasteiger partial charge in [0.25, 0.3) is 0 Å². The molecule has 0 atom stereocenters. The Kier molecular flexibility index (Phi) is 13.1. The highest BCUT2D eigenvalue weighted by Crippen LogP contribution is 2.21. The maximum atomic E-state index is 6.02. The number of benzene rings is 2. The molecule has 0 fully saturated rings. The predicted octanol–water partition coefficient (Wildman–Crippen LogP) is 9.53. The largest absolute Gasteiger partial charge is 0.489 e. The van der Waals surface area contributed by atoms with E-state index >= 15 is 0 Å². The number of aromatic nitrogens is 2. The van der Waals surface area contributed by atoms with Crippen molar-refractivity contribution in [2.75, 3.05) is 0 Å². The van der Waals surface area contributed by atoms with E-state index in [0.29, 0.717) is 6.61 Å². The van der Waals surface area contributed by atoms with Gasteiger partial charge in [0.05, 0.1) is 0 Å². The molecule has 3 rings (SSSR count). The Labute approximate surface area is 219 Å². The van der Waals surface area contributed by atoms with E-state index in [0.717, 1.165) is 23.6 Å². The number of nitrogens with zero attached hydrogens (tertiary/aromatic N) is 2. The van der Waals surface area contributed by atoms with Gasteiger partial charge in [0.1, 0.15) is 12.4 Å². The molecule has 0 aliphatic carbocycles. The zero-order valence-electron chi connectivity index (χ0n) is 22.7. The molecule has 0 saturated carbocycles. The lowest BCUT2D eigenvalue weighted by Crippen LogP contribution is -1.96. The average molecular weight is 487 g/mol. The highest BCUT2D eigenvalue weighted by molar-refractivity contribution is 5.55. The second kappa shape index (κ2) is 16.9. The first-order valence-electron chi connectivity index (χ1n) is 14.4. The van der Waals surface area contributed by atoms with E-state index in [2.05, 4.69) is 48.1 Å². The van der Waals surface area contributed by atoms with Crippen LogP contribution in [0, 0.1) is 0 Å². The Hall–Kier alpha value is -2.68. The number of hydrogen-bond acceptors (Lipinski definition) is 3. The second-order valence-corrected chi connectivity index (χ2v) is 10.1. The van der Waals surface area contributed by atoms with Crippen molar-refractivity contribution in [2.45, 2.75) is 110 Å². The van der Waals surface area contributed by atoms with Gasteiger partial charge in [-0.25, -0.2) is 9.97 Å². The van der Waals surface area contributed by atoms with Gasteiger partial charge >= 0.3 is 0 Å². The van der Waals surface area contributed by atoms with E-state index in [4.69, 9.17) is 4.74 Å². The molecule has 1 aromatic heterocycles. The molecule has 0 unspecified atom stereocenters. The number of rotatable bonds is 18. The van der Waals surface area contributed by atoms with Crippen LogP contribution in [0.3, 0.4) is 0 Å². The van der Waals surface area contributed by atoms with Gasteiger partial charge in [0.15, 0.2) is 5.82 Å². The number of hydrogen-bond donors (Lipinski definition) is 0. The fraction of sp³-hybridized carbons (Fsp3) is 0.515. The minimum absolute atomic E-state index is 0.584. The summed E-state index contributed by atoms with van der Waals surface area (Å²) in [4.78, 5) is 9.15. The van der Waals surface area contributed by atoms with Crippen LogP contribution in [0.25, 0.3) is 11.4 Å². The summed E-state index contributed by atoms with van der Waals surface area (Å²) in [5, 5.41) is 0. The summed E-state index contributed by atoms with van der Waals surface area (Å²) in [5.41, 5.74) is 4.88. The molecule has 3 nitrogen and oxygen atoms in total. The first kappa shape index (κ1) is 27.9. The first-order valence-corrected chi connectivity index (χ1v) is 14.4. The zero-order valence-corrected chi connectivity index (χ0v) is 22.7. The Morgan fingerprint density at radius 1 is 0.528 bits per heavy atom. The number of aryl methyl sites for hydroxylation is 2. The van der Waals surface area contributed by atoms with Gasteiger partial charge in [-0.1, -0.05) is 102 Å². The van der Waals surface area contributed by atoms with Crippen molar-refractivity contribution < 1.29 is 4.74 Å². The minimum Gasteiger partial charge on any atom is -0.489 e. The third-order valence-corrected chi connectivity index (χ3v) is 6.88. The maximum Gasteiger partial charge on any atom is 0.159 e. The van der Waals surface area contributed by atoms with Crippen molar-refractivity contribution in [3.8, 4) is 17.1 Å². The lowest BCUT2D eigenvalue weighted by Gasteiger charge is -2.09. The highest BCUT2D eigenvalue weighted by atomic mass is 16.5. The molecule has 0 bridgehead atoms. The molecular formula is C33H46N2O. The topological polar surface area (TPSA) is 35.0 Å². The summed E-state index contributed by atoms with van der Waals surface area (Å²) < 4.78 is 6.02. The van der Waals surface area contributed by atoms with Gasteiger partial charge in [-0.2, -0.15) is 0 Å². The van der Waals surface area contributed by atoms with Crippen molar-refractivity contribution in [3.63, 3.8) is 0 Å². The van der Waals surface area contributed by atoms with Gasteiger partial charge in [-0.3, -0.25) is 0 Å². The van der Waals surface area contributed by atoms with Gasteiger partial charge in [0, 0.05) is 18.0 Å². The van der Waals surface area contributed by atoms with Gasteiger partial charge in [-0.05, 0) is 66.6 Å². The molecule has 36 heavy (non-hydrogen) atoms. The summed E-state index contributed by atoms with van der Waals surface area (Å²) in [6.45, 7) is 5.10. The number of unbranched alkanes of at least 4 members (excludes halogenated alkanes) is 10. The van der Waals surface area contributed by atoms with E-state index in [1.165, 1.54) is 100 Å². The van der Waals surface area contributed by atoms with Crippen LogP contribution in [-0.2, 0) is 19.4 Å². The van der Waals surface area contributed by atoms with Gasteiger partial charge < -0.3 is 4.74 Å². The van der Waals surface area contributed by atoms with Crippen LogP contribution >= 0.6 is 0 Å². The zero-order chi connectivity index (χ0) is 25.3. The molecule has 0 spiro atoms. The summed E-state index contributed by atoms with van der Waals surface area (Å²) >= 11 is 0. The third-order valence-electron chi connectivity index (χ3n) is 6.88. The van der Waals surface area contributed by atoms with Crippen molar-refractivity contribution in [3.05, 3.63) is 77.6 Å². The smallest absolute Gasteiger partial charge is 0.159 e. The van der Waals surface area contributed by atoms with E-state index in [9.17, 15) is 0 Å². The summed E-state index contributed by atoms with van der Waals surface area (Å²) in [6.07, 6.45) is 22.2. The lowest BCUT2D eigenvalue weighted by atomic mass is 10.0. The molecule has 0 aliphatic rings. The fourth-order valence-corrected chi connectivity index (χ4v) is 4.52. The molecule has 0 amide bonds. The molecule has 0 radical (unpaired) electrons. The molecule has 3 heteroatoms. The monoisotopic (exact) mass is 486 g/mol. The van der Waals surface area contributed by atoms with E-state index in [1.807, 2.05) is 36.7 Å². The minimum atomic E-state index is 0.584. The third kappa shape index (κ3) is 10.5. The van der Waals surface area contributed by atoms with E-state index < -0.39 is 0 Å². The summed E-state index contributed by atoms with van der Waals surface area (Å²) in [6, 6.07) is 17.0. The predicted molar refractivity (Wildman–Crippen MR) is 152 cm³/mol. The quantitative estimate of drug-likeness (QED) is 0.168. The van der Waals surface area contributed by atoms with Crippen LogP contribution < -0.4 is 4.74 Å². The summed E-state index contributed by atoms with van der Waals surface area (Å²) in [7, 11) is 0. The Bertz CT molecular complexity index is 948. The van der Waals surface area contributed by atoms with Crippen molar-refractivity contribution >= 4 is 0 Å². The molecule has 1 heterocycles. The molecule has 2 aromatic carbocycles. The van der Waals surface area contributed by atoms with Crippen LogP contribution in [0.2, 0.25) is 0 Å². The molecule has 3 aromatic rings. The molecular weight excluding hydrogens is 440 g/mol. The number of ether oxygens (including phenoxy) is 1. The maximum absolute atomic E-state index is 6.02. The Morgan fingerprint density at radius 2 is 1.03 bits per heavy atom. The normalized spacial score (nSPS) is 11.1. The van der Waals surface area contributed by atoms with Crippen LogP contribution in [0.5, 0.6) is 5.75 Å². The van der Waals surface area contributed by atoms with Crippen molar-refractivity contribution in [1.82, 2.24) is 9.97 Å². The van der Waals surface area contributed by atoms with Crippen LogP contribution in [0.1, 0.15) is 108 Å². The van der Waals surface area contributed by atoms with Gasteiger partial charge in [0.2, 0.25) is 0 Å². The molecule has 0 aliphatic heterocycles. The van der Waals surface area contributed by atoms with Crippen LogP contribution in [0.15, 0.2) is 60.9 Å². The van der Waals surface area contributed by atoms with Crippen molar-refractivity contribution in [1.29, 1.82) is 0 Å². The first-order chi connectivity index (χ1) is 17.8. The summed E-state index contributed by atoms with van der Waals surface area (Å²) in [5.74, 6) is 1.64. The van der Waals surface area contributed by atoms with Gasteiger partial charge in [-0.15, -0.1) is 0 Å². The van der Waals surface area contributed by atoms with Crippen molar-refractivity contribution in [2.24, 2.45) is 0 Å². The Morgan fingerprint density at radius 3 is 1.64 bits per heavy atom. The lowest BCUT2D eigenvalue weighted by molar-refractivity contribution is 0.306. The standard InChI is InChI=1S/C33H46N2O/c1-3-5-7-9-10-11-12-14-15-28-17-19-29(20-18-28)27-36-32-23-21-31(22-24-32)33-34-25-30(26-35-33)16-13-8-6-4-2/h17-26H,3-16,27H2,1-2H3. The highest BCUT2D eigenvalue weighted by Gasteiger charge is 2.04. The molecule has 0 N–H and O–H groups in total. The fourth-order valence-electron chi connectivity index (χ4n) is 4.52. The van der Waals surface area contributed by atoms with E-state index in [1.54, 1.807) is 0 Å². The average Bonchev–Trinajstić information content (AvgIpc) is 2.93. The SMILES string of the molecule is CCCCCCCCCCc1ccc(COc2ccc(-c3ncc(CCCCCC)cn3)cc2)cc1. The Balaban J connectivity index is 1.36. The van der Waals surface area contributed by atoms with Crippen LogP contribution in [-0.4, -0.2) is 9.97 Å². The van der Waals surface area contributed by atoms with E-state index in [-0.39, 0.29) is 0 Å². The molecule has 0 saturated heterocycles.